The number of hydrogen-bond acceptors (Lipinski definition) is 7. The lowest BCUT2D eigenvalue weighted by Gasteiger charge is -2.14. The molecule has 1 amide bonds. The maximum atomic E-state index is 13.0. The molecule has 29 heavy (non-hydrogen) atoms. The largest absolute Gasteiger partial charge is 0.292 e. The maximum absolute atomic E-state index is 13.0. The quantitative estimate of drug-likeness (QED) is 0.289. The van der Waals surface area contributed by atoms with E-state index in [0.29, 0.717) is 14.4 Å². The van der Waals surface area contributed by atoms with Crippen LogP contribution in [0.3, 0.4) is 0 Å². The molecular formula is C20H17N3O2S4. The number of carbonyl (C=O) groups excluding carboxylic acids is 2. The molecule has 3 heterocycles. The average molecular weight is 460 g/mol. The first-order chi connectivity index (χ1) is 14.1. The van der Waals surface area contributed by atoms with Gasteiger partial charge < -0.3 is 0 Å². The number of thiophene rings is 1. The highest BCUT2D eigenvalue weighted by atomic mass is 32.2. The van der Waals surface area contributed by atoms with E-state index in [4.69, 9.17) is 12.2 Å². The standard InChI is InChI=1S/C20H17N3O2S4/c1-2-27-19-21-14-7-3-4-8-15(14)23(19)17(24)9-10-22-18(25)16(29-20(22)26)12-13-6-5-11-28-13/h3-8,11-12H,2,9-10H2,1H3/b16-12-. The molecule has 0 atom stereocenters. The molecule has 3 aromatic rings. The normalized spacial score (nSPS) is 15.8. The highest BCUT2D eigenvalue weighted by Gasteiger charge is 2.32. The third-order valence-electron chi connectivity index (χ3n) is 4.29. The van der Waals surface area contributed by atoms with E-state index in [0.717, 1.165) is 21.7 Å². The van der Waals surface area contributed by atoms with Gasteiger partial charge in [-0.15, -0.1) is 11.3 Å². The van der Waals surface area contributed by atoms with Crippen LogP contribution in [0.15, 0.2) is 51.8 Å². The maximum Gasteiger partial charge on any atom is 0.266 e. The molecule has 1 saturated heterocycles. The van der Waals surface area contributed by atoms with Crippen molar-refractivity contribution in [2.75, 3.05) is 12.3 Å². The summed E-state index contributed by atoms with van der Waals surface area (Å²) in [4.78, 5) is 33.5. The van der Waals surface area contributed by atoms with E-state index in [1.807, 2.05) is 54.8 Å². The van der Waals surface area contributed by atoms with E-state index in [9.17, 15) is 9.59 Å². The number of rotatable bonds is 6. The van der Waals surface area contributed by atoms with E-state index in [2.05, 4.69) is 4.98 Å². The van der Waals surface area contributed by atoms with Crippen LogP contribution >= 0.6 is 47.1 Å². The Labute approximate surface area is 186 Å². The molecular weight excluding hydrogens is 443 g/mol. The number of nitrogens with zero attached hydrogens (tertiary/aromatic N) is 3. The monoisotopic (exact) mass is 459 g/mol. The summed E-state index contributed by atoms with van der Waals surface area (Å²) >= 11 is 9.76. The summed E-state index contributed by atoms with van der Waals surface area (Å²) in [5.74, 6) is 0.588. The number of hydrogen-bond donors (Lipinski definition) is 0. The molecule has 1 aliphatic heterocycles. The first-order valence-electron chi connectivity index (χ1n) is 9.01. The third-order valence-corrected chi connectivity index (χ3v) is 7.31. The number of thioether (sulfide) groups is 2. The van der Waals surface area contributed by atoms with Gasteiger partial charge in [0.25, 0.3) is 5.91 Å². The van der Waals surface area contributed by atoms with Crippen LogP contribution in [0.4, 0.5) is 0 Å². The van der Waals surface area contributed by atoms with Crippen molar-refractivity contribution in [3.63, 3.8) is 0 Å². The van der Waals surface area contributed by atoms with Gasteiger partial charge in [-0.2, -0.15) is 0 Å². The molecule has 0 aliphatic carbocycles. The van der Waals surface area contributed by atoms with Crippen molar-refractivity contribution >= 4 is 80.3 Å². The fourth-order valence-electron chi connectivity index (χ4n) is 2.99. The zero-order valence-corrected chi connectivity index (χ0v) is 18.8. The Morgan fingerprint density at radius 3 is 2.86 bits per heavy atom. The minimum absolute atomic E-state index is 0.0917. The molecule has 148 valence electrons. The van der Waals surface area contributed by atoms with Crippen molar-refractivity contribution in [2.45, 2.75) is 18.5 Å². The lowest BCUT2D eigenvalue weighted by atomic mass is 10.3. The van der Waals surface area contributed by atoms with Gasteiger partial charge in [-0.25, -0.2) is 4.98 Å². The van der Waals surface area contributed by atoms with Crippen molar-refractivity contribution < 1.29 is 9.59 Å². The highest BCUT2D eigenvalue weighted by Crippen LogP contribution is 2.33. The van der Waals surface area contributed by atoms with Crippen molar-refractivity contribution in [1.29, 1.82) is 0 Å². The van der Waals surface area contributed by atoms with Crippen LogP contribution in [0, 0.1) is 0 Å². The van der Waals surface area contributed by atoms with E-state index in [1.54, 1.807) is 15.9 Å². The predicted molar refractivity (Wildman–Crippen MR) is 126 cm³/mol. The summed E-state index contributed by atoms with van der Waals surface area (Å²) in [7, 11) is 0. The Morgan fingerprint density at radius 1 is 1.28 bits per heavy atom. The first-order valence-corrected chi connectivity index (χ1v) is 12.1. The average Bonchev–Trinajstić information content (AvgIpc) is 3.40. The number of imidazole rings is 1. The fourth-order valence-corrected chi connectivity index (χ4v) is 5.77. The molecule has 1 fully saturated rings. The topological polar surface area (TPSA) is 55.2 Å². The summed E-state index contributed by atoms with van der Waals surface area (Å²) in [6.45, 7) is 2.28. The van der Waals surface area contributed by atoms with Gasteiger partial charge in [-0.3, -0.25) is 19.1 Å². The van der Waals surface area contributed by atoms with Crippen LogP contribution in [0.25, 0.3) is 17.1 Å². The van der Waals surface area contributed by atoms with Crippen molar-refractivity contribution in [3.8, 4) is 0 Å². The molecule has 9 heteroatoms. The molecule has 0 N–H and O–H groups in total. The number of benzene rings is 1. The Bertz CT molecular complexity index is 1120. The molecule has 0 spiro atoms. The Morgan fingerprint density at radius 2 is 2.10 bits per heavy atom. The van der Waals surface area contributed by atoms with E-state index < -0.39 is 0 Å². The molecule has 0 radical (unpaired) electrons. The smallest absolute Gasteiger partial charge is 0.266 e. The van der Waals surface area contributed by atoms with Gasteiger partial charge in [0.05, 0.1) is 15.9 Å². The van der Waals surface area contributed by atoms with Crippen LogP contribution in [0.5, 0.6) is 0 Å². The number of aromatic nitrogens is 2. The molecule has 5 nitrogen and oxygen atoms in total. The molecule has 0 saturated carbocycles. The number of para-hydroxylation sites is 2. The second-order valence-corrected chi connectivity index (χ2v) is 10.0. The van der Waals surface area contributed by atoms with E-state index in [1.165, 1.54) is 28.4 Å². The first kappa shape index (κ1) is 20.3. The predicted octanol–water partition coefficient (Wildman–Crippen LogP) is 5.14. The minimum atomic E-state index is -0.139. The number of fused-ring (bicyclic) bond motifs is 1. The van der Waals surface area contributed by atoms with Gasteiger partial charge in [0, 0.05) is 17.8 Å². The summed E-state index contributed by atoms with van der Waals surface area (Å²) < 4.78 is 2.15. The van der Waals surface area contributed by atoms with E-state index >= 15 is 0 Å². The van der Waals surface area contributed by atoms with Crippen LogP contribution in [-0.4, -0.2) is 42.9 Å². The van der Waals surface area contributed by atoms with Crippen LogP contribution < -0.4 is 0 Å². The van der Waals surface area contributed by atoms with Gasteiger partial charge in [0.1, 0.15) is 4.32 Å². The molecule has 2 aromatic heterocycles. The number of carbonyl (C=O) groups is 2. The second kappa shape index (κ2) is 8.83. The zero-order valence-electron chi connectivity index (χ0n) is 15.5. The second-order valence-electron chi connectivity index (χ2n) is 6.14. The third kappa shape index (κ3) is 4.18. The summed E-state index contributed by atoms with van der Waals surface area (Å²) in [5, 5.41) is 2.65. The molecule has 1 aromatic carbocycles. The van der Waals surface area contributed by atoms with Crippen LogP contribution in [0.2, 0.25) is 0 Å². The number of thiocarbonyl (C=S) groups is 1. The Balaban J connectivity index is 1.52. The highest BCUT2D eigenvalue weighted by molar-refractivity contribution is 8.26. The van der Waals surface area contributed by atoms with Gasteiger partial charge in [0.2, 0.25) is 5.91 Å². The lowest BCUT2D eigenvalue weighted by molar-refractivity contribution is -0.122. The van der Waals surface area contributed by atoms with Crippen LogP contribution in [-0.2, 0) is 4.79 Å². The molecule has 0 unspecified atom stereocenters. The zero-order chi connectivity index (χ0) is 20.4. The summed E-state index contributed by atoms with van der Waals surface area (Å²) in [5.41, 5.74) is 1.58. The SMILES string of the molecule is CCSc1nc2ccccc2n1C(=O)CCN1C(=O)/C(=C/c2cccs2)SC1=S. The van der Waals surface area contributed by atoms with Crippen molar-refractivity contribution in [1.82, 2.24) is 14.5 Å². The Hall–Kier alpha value is -1.94. The van der Waals surface area contributed by atoms with Crippen molar-refractivity contribution in [3.05, 3.63) is 51.6 Å². The number of amides is 1. The van der Waals surface area contributed by atoms with Crippen LogP contribution in [0.1, 0.15) is 23.0 Å². The molecule has 0 bridgehead atoms. The van der Waals surface area contributed by atoms with E-state index in [-0.39, 0.29) is 24.8 Å². The molecule has 1 aliphatic rings. The van der Waals surface area contributed by atoms with Gasteiger partial charge >= 0.3 is 0 Å². The fraction of sp³-hybridized carbons (Fsp3) is 0.200. The van der Waals surface area contributed by atoms with Gasteiger partial charge in [-0.1, -0.05) is 60.9 Å². The summed E-state index contributed by atoms with van der Waals surface area (Å²) in [6.07, 6.45) is 2.03. The minimum Gasteiger partial charge on any atom is -0.292 e. The van der Waals surface area contributed by atoms with Gasteiger partial charge in [0.15, 0.2) is 5.16 Å². The van der Waals surface area contributed by atoms with Crippen molar-refractivity contribution in [2.24, 2.45) is 0 Å². The lowest BCUT2D eigenvalue weighted by Crippen LogP contribution is -2.31. The Kier molecular flexibility index (Phi) is 6.19. The molecule has 4 rings (SSSR count). The summed E-state index contributed by atoms with van der Waals surface area (Å²) in [6, 6.07) is 11.5. The van der Waals surface area contributed by atoms with Gasteiger partial charge in [-0.05, 0) is 35.4 Å².